The van der Waals surface area contributed by atoms with Crippen LogP contribution in [0.2, 0.25) is 0 Å². The molecule has 116 valence electrons. The van der Waals surface area contributed by atoms with Crippen molar-refractivity contribution in [3.05, 3.63) is 23.3 Å². The topological polar surface area (TPSA) is 38.8 Å². The molecule has 4 aliphatic rings. The van der Waals surface area contributed by atoms with Gasteiger partial charge in [0.1, 0.15) is 0 Å². The first kappa shape index (κ1) is 7.82. The largest absolute Gasteiger partial charge is 0.493 e. The lowest BCUT2D eigenvalue weighted by atomic mass is 9.52. The highest BCUT2D eigenvalue weighted by Gasteiger charge is 2.65. The fourth-order valence-electron chi connectivity index (χ4n) is 4.63. The molecule has 2 fully saturated rings. The third kappa shape index (κ3) is 1.27. The summed E-state index contributed by atoms with van der Waals surface area (Å²) in [7, 11) is 1.43. The van der Waals surface area contributed by atoms with Crippen LogP contribution < -0.4 is 9.47 Å². The summed E-state index contributed by atoms with van der Waals surface area (Å²) in [6, 6.07) is 0.805. The molecule has 1 aromatic carbocycles. The average Bonchev–Trinajstić information content (AvgIpc) is 2.89. The second-order valence-electron chi connectivity index (χ2n) is 6.35. The Bertz CT molecular complexity index is 950. The third-order valence-electron chi connectivity index (χ3n) is 5.52. The van der Waals surface area contributed by atoms with Gasteiger partial charge in [0.25, 0.3) is 0 Å². The average molecular weight is 306 g/mol. The third-order valence-corrected chi connectivity index (χ3v) is 5.52. The van der Waals surface area contributed by atoms with Gasteiger partial charge in [0.2, 0.25) is 0 Å². The van der Waals surface area contributed by atoms with Gasteiger partial charge in [0, 0.05) is 31.6 Å². The van der Waals surface area contributed by atoms with E-state index < -0.39 is 42.6 Å². The van der Waals surface area contributed by atoms with E-state index in [-0.39, 0.29) is 37.1 Å². The van der Waals surface area contributed by atoms with Gasteiger partial charge in [-0.3, -0.25) is 4.79 Å². The van der Waals surface area contributed by atoms with Crippen LogP contribution in [-0.2, 0) is 16.6 Å². The zero-order chi connectivity index (χ0) is 21.2. The van der Waals surface area contributed by atoms with Crippen molar-refractivity contribution in [3.63, 3.8) is 0 Å². The highest BCUT2D eigenvalue weighted by atomic mass is 16.5. The number of Topliss-reactive ketones (excluding diaryl/α,β-unsaturated/α-hetero) is 1. The Kier molecular flexibility index (Phi) is 1.44. The summed E-state index contributed by atoms with van der Waals surface area (Å²) in [5.41, 5.74) is -0.767. The molecule has 0 aromatic heterocycles. The number of carbonyl (C=O) groups is 1. The van der Waals surface area contributed by atoms with Crippen molar-refractivity contribution in [3.8, 4) is 11.5 Å². The Morgan fingerprint density at radius 3 is 3.32 bits per heavy atom. The minimum atomic E-state index is -2.69. The van der Waals surface area contributed by atoms with Crippen LogP contribution in [0.4, 0.5) is 0 Å². The van der Waals surface area contributed by atoms with Gasteiger partial charge < -0.3 is 14.4 Å². The SMILES string of the molecule is [2H]C([2H])([2H])N1CC[C@]23c4c5ccc(OC)c4OC2([2H])C(=O)CC[C@H]3[C@@]1([2H])C5([2H])[2H]. The number of methoxy groups -OCH3 is 1. The lowest BCUT2D eigenvalue weighted by molar-refractivity contribution is -0.138. The predicted molar refractivity (Wildman–Crippen MR) is 81.6 cm³/mol. The van der Waals surface area contributed by atoms with E-state index in [9.17, 15) is 6.17 Å². The number of piperidine rings is 1. The van der Waals surface area contributed by atoms with E-state index in [0.29, 0.717) is 11.3 Å². The van der Waals surface area contributed by atoms with E-state index in [1.54, 1.807) is 0 Å². The molecule has 0 N–H and O–H groups in total. The van der Waals surface area contributed by atoms with Crippen molar-refractivity contribution in [1.29, 1.82) is 0 Å². The number of hydrogen-bond donors (Lipinski definition) is 0. The number of ketones is 1. The van der Waals surface area contributed by atoms with Gasteiger partial charge in [-0.1, -0.05) is 6.07 Å². The molecule has 1 aromatic rings. The van der Waals surface area contributed by atoms with Gasteiger partial charge >= 0.3 is 0 Å². The predicted octanol–water partition coefficient (Wildman–Crippen LogP) is 1.93. The quantitative estimate of drug-likeness (QED) is 0.795. The molecule has 1 saturated heterocycles. The van der Waals surface area contributed by atoms with Crippen LogP contribution in [0.25, 0.3) is 0 Å². The number of hydrogen-bond acceptors (Lipinski definition) is 4. The molecule has 1 unspecified atom stereocenters. The molecular formula is C18H21NO3. The molecule has 2 bridgehead atoms. The van der Waals surface area contributed by atoms with Crippen LogP contribution in [0.15, 0.2) is 12.1 Å². The summed E-state index contributed by atoms with van der Waals surface area (Å²) in [4.78, 5) is 13.9. The van der Waals surface area contributed by atoms with E-state index in [2.05, 4.69) is 0 Å². The standard InChI is InChI=1S/C18H21NO3/c1-19-8-7-18-11-4-5-13(20)17(18)22-16-14(21-2)6-3-10(15(16)18)9-12(11)19/h3,6,11-12,17H,4-5,7-9H2,1-2H3/t11-,12+,17?,18-/m0/s1/i1D3,9D2,12D,17D. The molecular weight excluding hydrogens is 278 g/mol. The highest BCUT2D eigenvalue weighted by Crippen LogP contribution is 2.62. The molecule has 2 aliphatic heterocycles. The first-order valence-corrected chi connectivity index (χ1v) is 7.59. The molecule has 4 heteroatoms. The summed E-state index contributed by atoms with van der Waals surface area (Å²) in [5.74, 6) is -0.842. The molecule has 2 aliphatic carbocycles. The van der Waals surface area contributed by atoms with Crippen molar-refractivity contribution in [2.24, 2.45) is 5.92 Å². The molecule has 4 atom stereocenters. The molecule has 4 nitrogen and oxygen atoms in total. The fraction of sp³-hybridized carbons (Fsp3) is 0.611. The molecule has 0 radical (unpaired) electrons. The second kappa shape index (κ2) is 4.05. The van der Waals surface area contributed by atoms with Crippen LogP contribution in [0.3, 0.4) is 0 Å². The number of likely N-dealkylation sites (tertiary alicyclic amines) is 1. The zero-order valence-corrected chi connectivity index (χ0v) is 12.2. The highest BCUT2D eigenvalue weighted by molar-refractivity contribution is 5.89. The second-order valence-corrected chi connectivity index (χ2v) is 6.35. The minimum absolute atomic E-state index is 0.0624. The van der Waals surface area contributed by atoms with Crippen LogP contribution >= 0.6 is 0 Å². The number of rotatable bonds is 1. The Morgan fingerprint density at radius 2 is 2.50 bits per heavy atom. The lowest BCUT2D eigenvalue weighted by Crippen LogP contribution is -2.65. The first-order chi connectivity index (χ1) is 13.4. The van der Waals surface area contributed by atoms with Crippen LogP contribution in [0.1, 0.15) is 40.0 Å². The maximum atomic E-state index is 13.0. The molecule has 22 heavy (non-hydrogen) atoms. The Balaban J connectivity index is 1.92. The number of nitrogens with zero attached hydrogens (tertiary/aromatic N) is 1. The van der Waals surface area contributed by atoms with Gasteiger partial charge in [-0.25, -0.2) is 0 Å². The summed E-state index contributed by atoms with van der Waals surface area (Å²) in [5, 5.41) is 0. The van der Waals surface area contributed by atoms with Crippen LogP contribution in [0.5, 0.6) is 11.5 Å². The van der Waals surface area contributed by atoms with Gasteiger partial charge in [-0.05, 0) is 50.3 Å². The Hall–Kier alpha value is -1.55. The summed E-state index contributed by atoms with van der Waals surface area (Å²) in [6.07, 6.45) is -4.19. The smallest absolute Gasteiger partial charge is 0.174 e. The number of ether oxygens (including phenoxy) is 2. The normalized spacial score (nSPS) is 52.7. The van der Waals surface area contributed by atoms with Crippen LogP contribution in [0, 0.1) is 5.92 Å². The summed E-state index contributed by atoms with van der Waals surface area (Å²) >= 11 is 0. The van der Waals surface area contributed by atoms with Gasteiger partial charge in [0.05, 0.1) is 8.48 Å². The Labute approximate surface area is 140 Å². The van der Waals surface area contributed by atoms with E-state index in [1.807, 2.05) is 0 Å². The maximum Gasteiger partial charge on any atom is 0.174 e. The summed E-state index contributed by atoms with van der Waals surface area (Å²) in [6.45, 7) is -2.82. The molecule has 0 amide bonds. The van der Waals surface area contributed by atoms with Gasteiger partial charge in [-0.15, -0.1) is 0 Å². The van der Waals surface area contributed by atoms with Crippen molar-refractivity contribution < 1.29 is 23.9 Å². The van der Waals surface area contributed by atoms with E-state index in [1.165, 1.54) is 19.2 Å². The number of likely N-dealkylation sites (N-methyl/N-ethyl adjacent to an activating group) is 1. The fourth-order valence-corrected chi connectivity index (χ4v) is 4.63. The monoisotopic (exact) mass is 306 g/mol. The zero-order valence-electron chi connectivity index (χ0n) is 19.2. The van der Waals surface area contributed by atoms with Crippen molar-refractivity contribution >= 4 is 5.78 Å². The van der Waals surface area contributed by atoms with Crippen molar-refractivity contribution in [2.45, 2.75) is 43.1 Å². The van der Waals surface area contributed by atoms with Gasteiger partial charge in [-0.2, -0.15) is 0 Å². The van der Waals surface area contributed by atoms with Gasteiger partial charge in [0.15, 0.2) is 23.4 Å². The summed E-state index contributed by atoms with van der Waals surface area (Å²) < 4.78 is 71.4. The van der Waals surface area contributed by atoms with Crippen molar-refractivity contribution in [2.75, 3.05) is 20.6 Å². The number of benzene rings is 1. The molecule has 2 heterocycles. The van der Waals surface area contributed by atoms with E-state index in [4.69, 9.17) is 17.7 Å². The van der Waals surface area contributed by atoms with E-state index in [0.717, 1.165) is 4.90 Å². The first-order valence-electron chi connectivity index (χ1n) is 11.1. The van der Waals surface area contributed by atoms with Crippen molar-refractivity contribution in [1.82, 2.24) is 4.90 Å². The number of carbonyl (C=O) groups excluding carboxylic acids is 1. The molecule has 5 rings (SSSR count). The minimum Gasteiger partial charge on any atom is -0.493 e. The molecule has 1 spiro atoms. The van der Waals surface area contributed by atoms with E-state index >= 15 is 0 Å². The maximum absolute atomic E-state index is 13.0. The lowest BCUT2D eigenvalue weighted by Gasteiger charge is -2.57. The molecule has 1 saturated carbocycles. The van der Waals surface area contributed by atoms with Crippen LogP contribution in [-0.4, -0.2) is 43.4 Å². The Morgan fingerprint density at radius 1 is 1.59 bits per heavy atom.